The lowest BCUT2D eigenvalue weighted by atomic mass is 10.2. The molecule has 0 amide bonds. The van der Waals surface area contributed by atoms with Crippen LogP contribution in [0.15, 0.2) is 28.1 Å². The number of rotatable bonds is 1. The minimum atomic E-state index is -3.45. The summed E-state index contributed by atoms with van der Waals surface area (Å²) >= 11 is 1.40. The van der Waals surface area contributed by atoms with Crippen LogP contribution in [-0.4, -0.2) is 37.2 Å². The van der Waals surface area contributed by atoms with Gasteiger partial charge in [-0.1, -0.05) is 23.9 Å². The van der Waals surface area contributed by atoms with Crippen LogP contribution in [0.4, 0.5) is 0 Å². The fourth-order valence-corrected chi connectivity index (χ4v) is 5.82. The second-order valence-corrected chi connectivity index (χ2v) is 8.37. The first-order valence-electron chi connectivity index (χ1n) is 6.26. The van der Waals surface area contributed by atoms with Crippen LogP contribution in [0, 0.1) is 13.8 Å². The monoisotopic (exact) mass is 296 g/mol. The van der Waals surface area contributed by atoms with Crippen LogP contribution in [0.2, 0.25) is 0 Å². The number of nitrogens with zero attached hydrogens (tertiary/aromatic N) is 1. The lowest BCUT2D eigenvalue weighted by Gasteiger charge is -2.09. The van der Waals surface area contributed by atoms with E-state index in [0.29, 0.717) is 4.90 Å². The maximum atomic E-state index is 12.7. The molecule has 0 saturated carbocycles. The van der Waals surface area contributed by atoms with Crippen molar-refractivity contribution in [3.8, 4) is 0 Å². The maximum absolute atomic E-state index is 12.7. The van der Waals surface area contributed by atoms with E-state index in [4.69, 9.17) is 0 Å². The Kier molecular flexibility index (Phi) is 3.19. The molecule has 2 heterocycles. The van der Waals surface area contributed by atoms with Crippen molar-refractivity contribution < 1.29 is 8.42 Å². The van der Waals surface area contributed by atoms with E-state index in [0.717, 1.165) is 24.2 Å². The standard InChI is InChI=1S/C13H16N2O2S2/c1-8-3-4-9(2)12(5-8)19(16,17)13-15-10-6-14-7-11(10)18-13/h3-5,10-11,14H,6-7H2,1-2H3. The van der Waals surface area contributed by atoms with Gasteiger partial charge in [0.2, 0.25) is 9.84 Å². The molecule has 1 saturated heterocycles. The molecule has 2 unspecified atom stereocenters. The van der Waals surface area contributed by atoms with Crippen molar-refractivity contribution in [2.45, 2.75) is 30.0 Å². The maximum Gasteiger partial charge on any atom is 0.229 e. The van der Waals surface area contributed by atoms with Crippen LogP contribution in [0.5, 0.6) is 0 Å². The predicted octanol–water partition coefficient (Wildman–Crippen LogP) is 1.52. The summed E-state index contributed by atoms with van der Waals surface area (Å²) in [7, 11) is -3.45. The van der Waals surface area contributed by atoms with E-state index >= 15 is 0 Å². The van der Waals surface area contributed by atoms with Crippen molar-refractivity contribution in [3.05, 3.63) is 29.3 Å². The zero-order valence-corrected chi connectivity index (χ0v) is 12.5. The molecular weight excluding hydrogens is 280 g/mol. The number of fused-ring (bicyclic) bond motifs is 1. The second kappa shape index (κ2) is 4.61. The van der Waals surface area contributed by atoms with Crippen molar-refractivity contribution in [2.75, 3.05) is 13.1 Å². The minimum Gasteiger partial charge on any atom is -0.313 e. The summed E-state index contributed by atoms with van der Waals surface area (Å²) in [6.07, 6.45) is 0. The number of thioether (sulfide) groups is 1. The smallest absolute Gasteiger partial charge is 0.229 e. The molecule has 0 radical (unpaired) electrons. The van der Waals surface area contributed by atoms with Gasteiger partial charge in [0.1, 0.15) is 0 Å². The average Bonchev–Trinajstić information content (AvgIpc) is 2.92. The Balaban J connectivity index is 2.02. The van der Waals surface area contributed by atoms with Gasteiger partial charge in [-0.05, 0) is 31.0 Å². The van der Waals surface area contributed by atoms with E-state index in [1.807, 2.05) is 26.0 Å². The third-order valence-corrected chi connectivity index (χ3v) is 7.14. The number of hydrogen-bond acceptors (Lipinski definition) is 5. The molecule has 1 aromatic carbocycles. The van der Waals surface area contributed by atoms with Crippen LogP contribution in [-0.2, 0) is 9.84 Å². The molecule has 102 valence electrons. The van der Waals surface area contributed by atoms with Crippen molar-refractivity contribution in [3.63, 3.8) is 0 Å². The van der Waals surface area contributed by atoms with Crippen LogP contribution in [0.3, 0.4) is 0 Å². The van der Waals surface area contributed by atoms with E-state index in [9.17, 15) is 8.42 Å². The van der Waals surface area contributed by atoms with Gasteiger partial charge in [-0.15, -0.1) is 0 Å². The first-order chi connectivity index (χ1) is 8.98. The molecule has 0 aromatic heterocycles. The molecule has 2 aliphatic rings. The molecule has 2 aliphatic heterocycles. The highest BCUT2D eigenvalue weighted by atomic mass is 32.3. The van der Waals surface area contributed by atoms with E-state index < -0.39 is 9.84 Å². The molecule has 4 nitrogen and oxygen atoms in total. The number of hydrogen-bond donors (Lipinski definition) is 1. The van der Waals surface area contributed by atoms with Gasteiger partial charge in [0.25, 0.3) is 0 Å². The van der Waals surface area contributed by atoms with E-state index in [1.54, 1.807) is 6.07 Å². The Morgan fingerprint density at radius 3 is 2.84 bits per heavy atom. The lowest BCUT2D eigenvalue weighted by molar-refractivity contribution is 0.606. The average molecular weight is 296 g/mol. The number of aryl methyl sites for hydroxylation is 2. The quantitative estimate of drug-likeness (QED) is 0.853. The summed E-state index contributed by atoms with van der Waals surface area (Å²) in [4.78, 5) is 4.79. The second-order valence-electron chi connectivity index (χ2n) is 5.05. The zero-order chi connectivity index (χ0) is 13.6. The van der Waals surface area contributed by atoms with Crippen molar-refractivity contribution in [1.29, 1.82) is 0 Å². The summed E-state index contributed by atoms with van der Waals surface area (Å²) in [6, 6.07) is 5.63. The molecule has 1 fully saturated rings. The van der Waals surface area contributed by atoms with E-state index in [-0.39, 0.29) is 15.7 Å². The predicted molar refractivity (Wildman–Crippen MR) is 78.6 cm³/mol. The number of aliphatic imine (C=N–C) groups is 1. The molecular formula is C13H16N2O2S2. The van der Waals surface area contributed by atoms with Gasteiger partial charge in [-0.3, -0.25) is 4.99 Å². The normalized spacial score (nSPS) is 26.3. The highest BCUT2D eigenvalue weighted by molar-refractivity contribution is 8.35. The van der Waals surface area contributed by atoms with Gasteiger partial charge < -0.3 is 5.32 Å². The summed E-state index contributed by atoms with van der Waals surface area (Å²) in [5, 5.41) is 3.51. The summed E-state index contributed by atoms with van der Waals surface area (Å²) in [6.45, 7) is 5.35. The largest absolute Gasteiger partial charge is 0.313 e. The van der Waals surface area contributed by atoms with Gasteiger partial charge in [-0.25, -0.2) is 8.42 Å². The molecule has 1 aromatic rings. The van der Waals surface area contributed by atoms with Gasteiger partial charge >= 0.3 is 0 Å². The number of nitrogens with one attached hydrogen (secondary N) is 1. The van der Waals surface area contributed by atoms with Gasteiger partial charge in [0, 0.05) is 18.3 Å². The minimum absolute atomic E-state index is 0.111. The fraction of sp³-hybridized carbons (Fsp3) is 0.462. The Morgan fingerprint density at radius 1 is 1.32 bits per heavy atom. The van der Waals surface area contributed by atoms with Crippen molar-refractivity contribution >= 4 is 26.0 Å². The van der Waals surface area contributed by atoms with Gasteiger partial charge in [-0.2, -0.15) is 0 Å². The first kappa shape index (κ1) is 13.1. The third kappa shape index (κ3) is 2.22. The molecule has 0 spiro atoms. The lowest BCUT2D eigenvalue weighted by Crippen LogP contribution is -2.16. The van der Waals surface area contributed by atoms with E-state index in [1.165, 1.54) is 11.8 Å². The third-order valence-electron chi connectivity index (χ3n) is 3.51. The Bertz CT molecular complexity index is 653. The highest BCUT2D eigenvalue weighted by Gasteiger charge is 2.39. The molecule has 19 heavy (non-hydrogen) atoms. The Morgan fingerprint density at radius 2 is 2.11 bits per heavy atom. The summed E-state index contributed by atoms with van der Waals surface area (Å²) in [5.41, 5.74) is 1.73. The molecule has 2 atom stereocenters. The van der Waals surface area contributed by atoms with E-state index in [2.05, 4.69) is 10.3 Å². The number of benzene rings is 1. The van der Waals surface area contributed by atoms with Crippen LogP contribution in [0.1, 0.15) is 11.1 Å². The van der Waals surface area contributed by atoms with Crippen LogP contribution < -0.4 is 5.32 Å². The summed E-state index contributed by atoms with van der Waals surface area (Å²) < 4.78 is 25.6. The molecule has 1 N–H and O–H groups in total. The van der Waals surface area contributed by atoms with Crippen LogP contribution in [0.25, 0.3) is 0 Å². The Labute approximate surface area is 117 Å². The fourth-order valence-electron chi connectivity index (χ4n) is 2.41. The molecule has 3 rings (SSSR count). The van der Waals surface area contributed by atoms with Crippen molar-refractivity contribution in [1.82, 2.24) is 5.32 Å². The van der Waals surface area contributed by atoms with Gasteiger partial charge in [0.15, 0.2) is 4.38 Å². The molecule has 0 bridgehead atoms. The number of sulfone groups is 1. The first-order valence-corrected chi connectivity index (χ1v) is 8.62. The topological polar surface area (TPSA) is 58.5 Å². The SMILES string of the molecule is Cc1ccc(C)c(S(=O)(=O)C2=NC3CNCC3S2)c1. The van der Waals surface area contributed by atoms with Crippen molar-refractivity contribution in [2.24, 2.45) is 4.99 Å². The Hall–Kier alpha value is -0.850. The zero-order valence-electron chi connectivity index (χ0n) is 10.9. The highest BCUT2D eigenvalue weighted by Crippen LogP contribution is 2.35. The van der Waals surface area contributed by atoms with Crippen LogP contribution >= 0.6 is 11.8 Å². The summed E-state index contributed by atoms with van der Waals surface area (Å²) in [5.74, 6) is 0. The molecule has 0 aliphatic carbocycles. The van der Waals surface area contributed by atoms with Gasteiger partial charge in [0.05, 0.1) is 10.9 Å². The molecule has 6 heteroatoms.